The molecule has 0 unspecified atom stereocenters. The van der Waals surface area contributed by atoms with E-state index in [2.05, 4.69) is 34.6 Å². The number of unbranched alkanes of at least 4 members (excludes halogenated alkanes) is 38. The van der Waals surface area contributed by atoms with Gasteiger partial charge in [-0.2, -0.15) is 0 Å². The summed E-state index contributed by atoms with van der Waals surface area (Å²) in [5.74, 6) is 0.855. The van der Waals surface area contributed by atoms with E-state index in [1.807, 2.05) is 0 Å². The monoisotopic (exact) mass is 919 g/mol. The van der Waals surface area contributed by atoms with Gasteiger partial charge in [-0.25, -0.2) is 0 Å². The van der Waals surface area contributed by atoms with Gasteiger partial charge in [0, 0.05) is 19.3 Å². The molecule has 0 saturated heterocycles. The Bertz CT molecular complexity index is 993. The molecule has 6 heteroatoms. The third-order valence-electron chi connectivity index (χ3n) is 13.5. The molecule has 0 saturated carbocycles. The molecule has 0 aromatic heterocycles. The zero-order chi connectivity index (χ0) is 47.5. The minimum absolute atomic E-state index is 0.0625. The summed E-state index contributed by atoms with van der Waals surface area (Å²) in [6.45, 7) is 11.4. The Balaban J connectivity index is 4.28. The second kappa shape index (κ2) is 51.8. The maximum absolute atomic E-state index is 12.9. The lowest BCUT2D eigenvalue weighted by Gasteiger charge is -2.18. The molecule has 0 radical (unpaired) electrons. The van der Waals surface area contributed by atoms with Crippen molar-refractivity contribution in [2.45, 2.75) is 336 Å². The Labute approximate surface area is 406 Å². The van der Waals surface area contributed by atoms with Gasteiger partial charge in [0.2, 0.25) is 0 Å². The Kier molecular flexibility index (Phi) is 50.5. The first-order chi connectivity index (χ1) is 31.7. The molecule has 1 atom stereocenters. The van der Waals surface area contributed by atoms with Crippen LogP contribution in [0.3, 0.4) is 0 Å². The van der Waals surface area contributed by atoms with Gasteiger partial charge in [0.1, 0.15) is 13.2 Å². The predicted molar refractivity (Wildman–Crippen MR) is 280 cm³/mol. The lowest BCUT2D eigenvalue weighted by molar-refractivity contribution is -0.167. The summed E-state index contributed by atoms with van der Waals surface area (Å²) in [4.78, 5) is 38.1. The molecule has 0 aromatic carbocycles. The first-order valence-corrected chi connectivity index (χ1v) is 29.2. The van der Waals surface area contributed by atoms with Crippen molar-refractivity contribution >= 4 is 17.9 Å². The first-order valence-electron chi connectivity index (χ1n) is 29.2. The van der Waals surface area contributed by atoms with Crippen molar-refractivity contribution in [3.05, 3.63) is 0 Å². The largest absolute Gasteiger partial charge is 0.462 e. The normalized spacial score (nSPS) is 12.0. The molecular weight excluding hydrogens is 805 g/mol. The van der Waals surface area contributed by atoms with Gasteiger partial charge in [-0.1, -0.05) is 291 Å². The van der Waals surface area contributed by atoms with Crippen LogP contribution in [0.15, 0.2) is 0 Å². The summed E-state index contributed by atoms with van der Waals surface area (Å²) >= 11 is 0. The van der Waals surface area contributed by atoms with Gasteiger partial charge < -0.3 is 14.2 Å². The van der Waals surface area contributed by atoms with Gasteiger partial charge in [-0.3, -0.25) is 14.4 Å². The second-order valence-corrected chi connectivity index (χ2v) is 21.2. The van der Waals surface area contributed by atoms with E-state index >= 15 is 0 Å². The molecular formula is C59H114O6. The SMILES string of the molecule is CCCCCCCCCCCCCCC(=O)OC[C@H](COC(=O)CCCCCCCCCCCCCCCCC(C)C)OC(=O)CCCCCCCCCCCCCCCCCC(C)C. The Morgan fingerprint density at radius 2 is 0.508 bits per heavy atom. The van der Waals surface area contributed by atoms with Gasteiger partial charge in [-0.05, 0) is 31.1 Å². The van der Waals surface area contributed by atoms with Crippen LogP contribution in [0.4, 0.5) is 0 Å². The number of rotatable bonds is 53. The molecule has 0 heterocycles. The van der Waals surface area contributed by atoms with Crippen molar-refractivity contribution in [2.24, 2.45) is 11.8 Å². The summed E-state index contributed by atoms with van der Waals surface area (Å²) in [6, 6.07) is 0. The van der Waals surface area contributed by atoms with Gasteiger partial charge in [0.05, 0.1) is 0 Å². The van der Waals surface area contributed by atoms with E-state index in [1.54, 1.807) is 0 Å². The minimum atomic E-state index is -0.762. The molecule has 6 nitrogen and oxygen atoms in total. The molecule has 0 amide bonds. The summed E-state index contributed by atoms with van der Waals surface area (Å²) in [6.07, 6.45) is 55.2. The third-order valence-corrected chi connectivity index (χ3v) is 13.5. The Hall–Kier alpha value is -1.59. The van der Waals surface area contributed by atoms with Crippen LogP contribution in [0.25, 0.3) is 0 Å². The quantitative estimate of drug-likeness (QED) is 0.0344. The summed E-state index contributed by atoms with van der Waals surface area (Å²) in [5, 5.41) is 0. The standard InChI is InChI=1S/C59H114O6/c1-6-7-8-9-10-11-12-24-29-34-39-44-49-57(60)63-52-56(53-64-58(61)50-45-40-35-30-25-20-17-16-19-23-28-33-38-43-48-55(4)5)65-59(62)51-46-41-36-31-26-21-15-13-14-18-22-27-32-37-42-47-54(2)3/h54-56H,6-53H2,1-5H3/t56-/m1/s1. The molecule has 386 valence electrons. The number of carbonyl (C=O) groups is 3. The summed E-state index contributed by atoms with van der Waals surface area (Å²) < 4.78 is 16.9. The lowest BCUT2D eigenvalue weighted by Crippen LogP contribution is -2.30. The van der Waals surface area contributed by atoms with E-state index in [9.17, 15) is 14.4 Å². The van der Waals surface area contributed by atoms with Crippen LogP contribution in [0, 0.1) is 11.8 Å². The number of hydrogen-bond donors (Lipinski definition) is 0. The molecule has 0 bridgehead atoms. The molecule has 0 aliphatic heterocycles. The molecule has 0 fully saturated rings. The maximum atomic E-state index is 12.9. The molecule has 0 N–H and O–H groups in total. The van der Waals surface area contributed by atoms with Crippen LogP contribution in [-0.2, 0) is 28.6 Å². The van der Waals surface area contributed by atoms with Crippen LogP contribution in [0.1, 0.15) is 330 Å². The molecule has 65 heavy (non-hydrogen) atoms. The van der Waals surface area contributed by atoms with Crippen molar-refractivity contribution < 1.29 is 28.6 Å². The molecule has 0 aliphatic carbocycles. The highest BCUT2D eigenvalue weighted by atomic mass is 16.6. The molecule has 0 aliphatic rings. The topological polar surface area (TPSA) is 78.9 Å². The van der Waals surface area contributed by atoms with E-state index in [-0.39, 0.29) is 31.1 Å². The van der Waals surface area contributed by atoms with E-state index in [0.29, 0.717) is 19.3 Å². The number of esters is 3. The highest BCUT2D eigenvalue weighted by molar-refractivity contribution is 5.71. The van der Waals surface area contributed by atoms with E-state index in [1.165, 1.54) is 218 Å². The third kappa shape index (κ3) is 53.2. The summed E-state index contributed by atoms with van der Waals surface area (Å²) in [7, 11) is 0. The fourth-order valence-electron chi connectivity index (χ4n) is 9.05. The number of ether oxygens (including phenoxy) is 3. The van der Waals surface area contributed by atoms with E-state index < -0.39 is 6.10 Å². The van der Waals surface area contributed by atoms with Gasteiger partial charge in [-0.15, -0.1) is 0 Å². The second-order valence-electron chi connectivity index (χ2n) is 21.2. The average molecular weight is 920 g/mol. The smallest absolute Gasteiger partial charge is 0.306 e. The molecule has 0 aromatic rings. The highest BCUT2D eigenvalue weighted by Gasteiger charge is 2.19. The highest BCUT2D eigenvalue weighted by Crippen LogP contribution is 2.18. The average Bonchev–Trinajstić information content (AvgIpc) is 3.28. The van der Waals surface area contributed by atoms with E-state index in [0.717, 1.165) is 69.6 Å². The zero-order valence-electron chi connectivity index (χ0n) is 44.6. The van der Waals surface area contributed by atoms with Crippen LogP contribution < -0.4 is 0 Å². The minimum Gasteiger partial charge on any atom is -0.462 e. The predicted octanol–water partition coefficient (Wildman–Crippen LogP) is 19.3. The Morgan fingerprint density at radius 1 is 0.292 bits per heavy atom. The molecule has 0 spiro atoms. The first kappa shape index (κ1) is 63.4. The lowest BCUT2D eigenvalue weighted by atomic mass is 10.0. The Morgan fingerprint density at radius 3 is 0.754 bits per heavy atom. The maximum Gasteiger partial charge on any atom is 0.306 e. The van der Waals surface area contributed by atoms with Crippen LogP contribution in [-0.4, -0.2) is 37.2 Å². The van der Waals surface area contributed by atoms with Crippen LogP contribution >= 0.6 is 0 Å². The van der Waals surface area contributed by atoms with Crippen molar-refractivity contribution in [1.29, 1.82) is 0 Å². The van der Waals surface area contributed by atoms with Gasteiger partial charge in [0.25, 0.3) is 0 Å². The van der Waals surface area contributed by atoms with Crippen molar-refractivity contribution in [3.8, 4) is 0 Å². The fourth-order valence-corrected chi connectivity index (χ4v) is 9.05. The fraction of sp³-hybridized carbons (Fsp3) is 0.949. The van der Waals surface area contributed by atoms with Crippen LogP contribution in [0.5, 0.6) is 0 Å². The van der Waals surface area contributed by atoms with Crippen molar-refractivity contribution in [2.75, 3.05) is 13.2 Å². The summed E-state index contributed by atoms with van der Waals surface area (Å²) in [5.41, 5.74) is 0. The van der Waals surface area contributed by atoms with E-state index in [4.69, 9.17) is 14.2 Å². The van der Waals surface area contributed by atoms with Gasteiger partial charge >= 0.3 is 17.9 Å². The van der Waals surface area contributed by atoms with Crippen molar-refractivity contribution in [1.82, 2.24) is 0 Å². The van der Waals surface area contributed by atoms with Crippen LogP contribution in [0.2, 0.25) is 0 Å². The number of carbonyl (C=O) groups excluding carboxylic acids is 3. The van der Waals surface area contributed by atoms with Gasteiger partial charge in [0.15, 0.2) is 6.10 Å². The van der Waals surface area contributed by atoms with Crippen molar-refractivity contribution in [3.63, 3.8) is 0 Å². The molecule has 0 rings (SSSR count). The number of hydrogen-bond acceptors (Lipinski definition) is 6. The zero-order valence-corrected chi connectivity index (χ0v) is 44.6.